The molecule has 0 unspecified atom stereocenters. The Hall–Kier alpha value is -1.20. The van der Waals surface area contributed by atoms with Gasteiger partial charge in [-0.1, -0.05) is 18.2 Å². The van der Waals surface area contributed by atoms with Gasteiger partial charge in [-0.2, -0.15) is 0 Å². The summed E-state index contributed by atoms with van der Waals surface area (Å²) < 4.78 is 11.6. The maximum absolute atomic E-state index is 11.6. The summed E-state index contributed by atoms with van der Waals surface area (Å²) >= 11 is -1.01. The second-order valence-corrected chi connectivity index (χ2v) is 4.27. The van der Waals surface area contributed by atoms with Gasteiger partial charge in [0.15, 0.2) is 10.9 Å². The van der Waals surface area contributed by atoms with Crippen molar-refractivity contribution in [2.24, 2.45) is 5.73 Å². The van der Waals surface area contributed by atoms with Crippen molar-refractivity contribution in [2.45, 2.75) is 4.90 Å². The average Bonchev–Trinajstić information content (AvgIpc) is 2.18. The fraction of sp³-hybridized carbons (Fsp3) is 0.222. The lowest BCUT2D eigenvalue weighted by Crippen LogP contribution is -2.34. The Balaban J connectivity index is 2.36. The third kappa shape index (κ3) is 3.68. The molecule has 0 amide bonds. The second-order valence-electron chi connectivity index (χ2n) is 2.70. The summed E-state index contributed by atoms with van der Waals surface area (Å²) in [6.45, 7) is 0.455. The minimum Gasteiger partial charge on any atom is -0.611 e. The van der Waals surface area contributed by atoms with E-state index in [1.165, 1.54) is 0 Å². The van der Waals surface area contributed by atoms with Crippen LogP contribution in [0.3, 0.4) is 0 Å². The molecule has 1 rings (SSSR count). The summed E-state index contributed by atoms with van der Waals surface area (Å²) in [4.78, 5) is 0.804. The van der Waals surface area contributed by atoms with Gasteiger partial charge in [-0.3, -0.25) is 5.41 Å². The molecule has 0 aliphatic heterocycles. The number of rotatable bonds is 4. The molecule has 76 valence electrons. The molecule has 0 spiro atoms. The first-order valence-corrected chi connectivity index (χ1v) is 5.53. The largest absolute Gasteiger partial charge is 0.611 e. The Kier molecular flexibility index (Phi) is 4.28. The number of nitrogens with two attached hydrogens (primary N) is 1. The van der Waals surface area contributed by atoms with Crippen molar-refractivity contribution >= 4 is 17.1 Å². The van der Waals surface area contributed by atoms with Crippen LogP contribution < -0.4 is 11.1 Å². The van der Waals surface area contributed by atoms with Gasteiger partial charge in [-0.25, -0.2) is 0 Å². The van der Waals surface area contributed by atoms with Gasteiger partial charge >= 0.3 is 0 Å². The molecular formula is C9H13N3OS. The van der Waals surface area contributed by atoms with E-state index in [9.17, 15) is 4.55 Å². The van der Waals surface area contributed by atoms with Crippen molar-refractivity contribution in [1.29, 1.82) is 5.41 Å². The Morgan fingerprint density at radius 1 is 1.43 bits per heavy atom. The molecule has 4 nitrogen and oxygen atoms in total. The Morgan fingerprint density at radius 3 is 2.64 bits per heavy atom. The van der Waals surface area contributed by atoms with E-state index in [-0.39, 0.29) is 5.96 Å². The van der Waals surface area contributed by atoms with Crippen molar-refractivity contribution in [3.63, 3.8) is 0 Å². The quantitative estimate of drug-likeness (QED) is 0.380. The maximum atomic E-state index is 11.6. The number of nitrogens with one attached hydrogen (secondary N) is 2. The molecule has 1 aromatic rings. The zero-order chi connectivity index (χ0) is 10.4. The van der Waals surface area contributed by atoms with E-state index in [1.807, 2.05) is 30.3 Å². The van der Waals surface area contributed by atoms with Crippen LogP contribution in [-0.4, -0.2) is 22.8 Å². The fourth-order valence-electron chi connectivity index (χ4n) is 0.969. The van der Waals surface area contributed by atoms with Crippen LogP contribution in [0.2, 0.25) is 0 Å². The summed E-state index contributed by atoms with van der Waals surface area (Å²) in [5, 5.41) is 9.53. The Labute approximate surface area is 86.2 Å². The molecule has 0 fully saturated rings. The molecule has 0 saturated heterocycles. The van der Waals surface area contributed by atoms with E-state index < -0.39 is 11.2 Å². The first-order valence-electron chi connectivity index (χ1n) is 4.21. The van der Waals surface area contributed by atoms with E-state index in [4.69, 9.17) is 11.1 Å². The summed E-state index contributed by atoms with van der Waals surface area (Å²) in [7, 11) is 0. The molecule has 0 saturated carbocycles. The number of hydrogen-bond acceptors (Lipinski definition) is 2. The third-order valence-corrected chi connectivity index (χ3v) is 2.98. The van der Waals surface area contributed by atoms with Crippen LogP contribution in [0.4, 0.5) is 0 Å². The highest BCUT2D eigenvalue weighted by atomic mass is 32.2. The van der Waals surface area contributed by atoms with Crippen molar-refractivity contribution in [2.75, 3.05) is 12.3 Å². The van der Waals surface area contributed by atoms with Gasteiger partial charge < -0.3 is 15.6 Å². The molecule has 1 atom stereocenters. The molecule has 4 N–H and O–H groups in total. The summed E-state index contributed by atoms with van der Waals surface area (Å²) in [6, 6.07) is 9.24. The van der Waals surface area contributed by atoms with Crippen LogP contribution in [0.5, 0.6) is 0 Å². The van der Waals surface area contributed by atoms with E-state index >= 15 is 0 Å². The van der Waals surface area contributed by atoms with Gasteiger partial charge in [0.2, 0.25) is 0 Å². The summed E-state index contributed by atoms with van der Waals surface area (Å²) in [5.74, 6) is 0.374. The van der Waals surface area contributed by atoms with Crippen LogP contribution in [0.15, 0.2) is 35.2 Å². The van der Waals surface area contributed by atoms with Crippen LogP contribution in [-0.2, 0) is 11.2 Å². The predicted molar refractivity (Wildman–Crippen MR) is 57.6 cm³/mol. The van der Waals surface area contributed by atoms with Crippen molar-refractivity contribution in [1.82, 2.24) is 5.32 Å². The zero-order valence-electron chi connectivity index (χ0n) is 7.69. The third-order valence-electron chi connectivity index (χ3n) is 1.61. The van der Waals surface area contributed by atoms with Crippen molar-refractivity contribution in [3.8, 4) is 0 Å². The monoisotopic (exact) mass is 211 g/mol. The van der Waals surface area contributed by atoms with Crippen molar-refractivity contribution < 1.29 is 4.55 Å². The van der Waals surface area contributed by atoms with Gasteiger partial charge in [-0.15, -0.1) is 0 Å². The molecule has 0 radical (unpaired) electrons. The van der Waals surface area contributed by atoms with Crippen LogP contribution in [0.25, 0.3) is 0 Å². The van der Waals surface area contributed by atoms with Gasteiger partial charge in [-0.05, 0) is 23.3 Å². The molecule has 0 aromatic heterocycles. The Morgan fingerprint density at radius 2 is 2.07 bits per heavy atom. The van der Waals surface area contributed by atoms with Crippen LogP contribution in [0, 0.1) is 5.41 Å². The second kappa shape index (κ2) is 5.51. The lowest BCUT2D eigenvalue weighted by atomic mass is 10.4. The van der Waals surface area contributed by atoms with Gasteiger partial charge in [0.05, 0.1) is 6.54 Å². The van der Waals surface area contributed by atoms with E-state index in [1.54, 1.807) is 0 Å². The molecule has 0 aliphatic carbocycles. The topological polar surface area (TPSA) is 85.0 Å². The SMILES string of the molecule is N=C(N)NCC[S@+]([O-])c1ccccc1. The van der Waals surface area contributed by atoms with Crippen LogP contribution in [0.1, 0.15) is 0 Å². The highest BCUT2D eigenvalue weighted by Crippen LogP contribution is 2.08. The number of benzene rings is 1. The molecule has 5 heteroatoms. The summed E-state index contributed by atoms with van der Waals surface area (Å²) in [5.41, 5.74) is 5.09. The fourth-order valence-corrected chi connectivity index (χ4v) is 1.95. The van der Waals surface area contributed by atoms with Gasteiger partial charge in [0, 0.05) is 0 Å². The van der Waals surface area contributed by atoms with Gasteiger partial charge in [0.1, 0.15) is 5.75 Å². The Bertz CT molecular complexity index is 291. The van der Waals surface area contributed by atoms with Crippen molar-refractivity contribution in [3.05, 3.63) is 30.3 Å². The zero-order valence-corrected chi connectivity index (χ0v) is 8.51. The molecular weight excluding hydrogens is 198 g/mol. The first-order chi connectivity index (χ1) is 6.70. The van der Waals surface area contributed by atoms with Gasteiger partial charge in [0.25, 0.3) is 0 Å². The van der Waals surface area contributed by atoms with E-state index in [0.29, 0.717) is 12.3 Å². The molecule has 0 bridgehead atoms. The highest BCUT2D eigenvalue weighted by Gasteiger charge is 2.08. The van der Waals surface area contributed by atoms with Crippen LogP contribution >= 0.6 is 0 Å². The number of guanidine groups is 1. The molecule has 0 aliphatic rings. The highest BCUT2D eigenvalue weighted by molar-refractivity contribution is 7.91. The predicted octanol–water partition coefficient (Wildman–Crippen LogP) is 0.277. The lowest BCUT2D eigenvalue weighted by molar-refractivity contribution is 0.593. The lowest BCUT2D eigenvalue weighted by Gasteiger charge is -2.10. The number of hydrogen-bond donors (Lipinski definition) is 3. The first kappa shape index (κ1) is 10.9. The average molecular weight is 211 g/mol. The van der Waals surface area contributed by atoms with E-state index in [0.717, 1.165) is 4.90 Å². The standard InChI is InChI=1S/C9H13N3OS/c10-9(11)12-6-7-14(13)8-4-2-1-3-5-8/h1-5H,6-7H2,(H4,10,11,12)/t14-/m0/s1. The minimum atomic E-state index is -1.01. The molecule has 0 heterocycles. The smallest absolute Gasteiger partial charge is 0.185 e. The molecule has 14 heavy (non-hydrogen) atoms. The minimum absolute atomic E-state index is 0.0879. The normalized spacial score (nSPS) is 12.1. The van der Waals surface area contributed by atoms with E-state index in [2.05, 4.69) is 5.32 Å². The maximum Gasteiger partial charge on any atom is 0.185 e. The molecule has 1 aromatic carbocycles. The summed E-state index contributed by atoms with van der Waals surface area (Å²) in [6.07, 6.45) is 0.